The van der Waals surface area contributed by atoms with Crippen molar-refractivity contribution in [2.75, 3.05) is 7.11 Å². The van der Waals surface area contributed by atoms with E-state index in [1.807, 2.05) is 6.08 Å². The van der Waals surface area contributed by atoms with E-state index in [1.165, 1.54) is 13.2 Å². The second-order valence-electron chi connectivity index (χ2n) is 6.32. The standard InChI is InChI=1S/C14H28O3Si/c1-11(9-10-13(15)16-6)12(2)17-18(7,8)14(3,4)5/h9-12H,1-8H3/b10-9+. The smallest absolute Gasteiger partial charge is 0.330 e. The summed E-state index contributed by atoms with van der Waals surface area (Å²) in [5, 5.41) is 0.201. The summed E-state index contributed by atoms with van der Waals surface area (Å²) in [6, 6.07) is 0. The molecule has 0 radical (unpaired) electrons. The molecule has 0 bridgehead atoms. The second-order valence-corrected chi connectivity index (χ2v) is 11.1. The van der Waals surface area contributed by atoms with E-state index in [9.17, 15) is 4.79 Å². The van der Waals surface area contributed by atoms with Gasteiger partial charge in [-0.2, -0.15) is 0 Å². The highest BCUT2D eigenvalue weighted by atomic mass is 28.4. The van der Waals surface area contributed by atoms with E-state index in [4.69, 9.17) is 4.43 Å². The van der Waals surface area contributed by atoms with Crippen molar-refractivity contribution in [1.29, 1.82) is 0 Å². The number of ether oxygens (including phenoxy) is 1. The molecule has 0 heterocycles. The van der Waals surface area contributed by atoms with Gasteiger partial charge in [0, 0.05) is 12.2 Å². The SMILES string of the molecule is COC(=O)/C=C/C(C)C(C)O[Si](C)(C)C(C)(C)C. The molecule has 106 valence electrons. The molecule has 2 atom stereocenters. The lowest BCUT2D eigenvalue weighted by atomic mass is 10.1. The zero-order chi connectivity index (χ0) is 14.6. The highest BCUT2D eigenvalue weighted by Gasteiger charge is 2.38. The minimum Gasteiger partial charge on any atom is -0.466 e. The molecule has 2 unspecified atom stereocenters. The van der Waals surface area contributed by atoms with Crippen molar-refractivity contribution in [2.24, 2.45) is 5.92 Å². The summed E-state index contributed by atoms with van der Waals surface area (Å²) in [5.74, 6) is -0.125. The van der Waals surface area contributed by atoms with Crippen LogP contribution in [-0.4, -0.2) is 27.5 Å². The molecule has 0 aromatic carbocycles. The first-order valence-electron chi connectivity index (χ1n) is 6.45. The average molecular weight is 272 g/mol. The van der Waals surface area contributed by atoms with Crippen LogP contribution in [0.1, 0.15) is 34.6 Å². The zero-order valence-electron chi connectivity index (χ0n) is 13.0. The third-order valence-electron chi connectivity index (χ3n) is 3.76. The Morgan fingerprint density at radius 2 is 1.72 bits per heavy atom. The van der Waals surface area contributed by atoms with E-state index in [0.717, 1.165) is 0 Å². The van der Waals surface area contributed by atoms with Crippen LogP contribution < -0.4 is 0 Å². The van der Waals surface area contributed by atoms with Gasteiger partial charge < -0.3 is 9.16 Å². The molecule has 0 rings (SSSR count). The summed E-state index contributed by atoms with van der Waals surface area (Å²) in [6.07, 6.45) is 3.42. The second kappa shape index (κ2) is 6.52. The van der Waals surface area contributed by atoms with Crippen LogP contribution in [-0.2, 0) is 14.0 Å². The Labute approximate surface area is 113 Å². The van der Waals surface area contributed by atoms with Gasteiger partial charge in [0.15, 0.2) is 8.32 Å². The van der Waals surface area contributed by atoms with Crippen LogP contribution in [0.25, 0.3) is 0 Å². The van der Waals surface area contributed by atoms with Gasteiger partial charge in [-0.05, 0) is 31.0 Å². The Morgan fingerprint density at radius 3 is 2.11 bits per heavy atom. The Hall–Kier alpha value is -0.613. The van der Waals surface area contributed by atoms with Gasteiger partial charge in [-0.15, -0.1) is 0 Å². The average Bonchev–Trinajstić information content (AvgIpc) is 2.22. The predicted molar refractivity (Wildman–Crippen MR) is 78.1 cm³/mol. The number of rotatable bonds is 5. The van der Waals surface area contributed by atoms with Crippen LogP contribution in [0.3, 0.4) is 0 Å². The molecule has 0 aromatic heterocycles. The van der Waals surface area contributed by atoms with Gasteiger partial charge in [0.1, 0.15) is 0 Å². The molecule has 0 saturated heterocycles. The first kappa shape index (κ1) is 17.4. The van der Waals surface area contributed by atoms with E-state index in [-0.39, 0.29) is 23.0 Å². The highest BCUT2D eigenvalue weighted by molar-refractivity contribution is 6.74. The molecule has 0 spiro atoms. The van der Waals surface area contributed by atoms with Crippen molar-refractivity contribution in [1.82, 2.24) is 0 Å². The molecule has 0 aliphatic carbocycles. The van der Waals surface area contributed by atoms with Crippen LogP contribution >= 0.6 is 0 Å². The third kappa shape index (κ3) is 5.36. The maximum absolute atomic E-state index is 11.0. The lowest BCUT2D eigenvalue weighted by molar-refractivity contribution is -0.134. The molecule has 4 heteroatoms. The molecule has 3 nitrogen and oxygen atoms in total. The summed E-state index contributed by atoms with van der Waals surface area (Å²) < 4.78 is 10.8. The van der Waals surface area contributed by atoms with Crippen molar-refractivity contribution in [3.05, 3.63) is 12.2 Å². The van der Waals surface area contributed by atoms with E-state index in [2.05, 4.69) is 52.4 Å². The molecule has 18 heavy (non-hydrogen) atoms. The first-order chi connectivity index (χ1) is 8.01. The van der Waals surface area contributed by atoms with E-state index in [0.29, 0.717) is 0 Å². The summed E-state index contributed by atoms with van der Waals surface area (Å²) in [5.41, 5.74) is 0. The maximum Gasteiger partial charge on any atom is 0.330 e. The molecule has 0 aromatic rings. The minimum absolute atomic E-state index is 0.104. The van der Waals surface area contributed by atoms with Crippen molar-refractivity contribution in [3.8, 4) is 0 Å². The Morgan fingerprint density at radius 1 is 1.22 bits per heavy atom. The first-order valence-corrected chi connectivity index (χ1v) is 9.36. The zero-order valence-corrected chi connectivity index (χ0v) is 14.0. The van der Waals surface area contributed by atoms with Crippen molar-refractivity contribution in [3.63, 3.8) is 0 Å². The van der Waals surface area contributed by atoms with Gasteiger partial charge >= 0.3 is 5.97 Å². The van der Waals surface area contributed by atoms with Crippen molar-refractivity contribution < 1.29 is 14.0 Å². The quantitative estimate of drug-likeness (QED) is 0.434. The van der Waals surface area contributed by atoms with E-state index in [1.54, 1.807) is 0 Å². The molecule has 0 aliphatic heterocycles. The van der Waals surface area contributed by atoms with Gasteiger partial charge in [0.25, 0.3) is 0 Å². The summed E-state index contributed by atoms with van der Waals surface area (Å²) in [7, 11) is -0.364. The topological polar surface area (TPSA) is 35.5 Å². The highest BCUT2D eigenvalue weighted by Crippen LogP contribution is 2.38. The maximum atomic E-state index is 11.0. The molecule has 0 aliphatic rings. The number of carbonyl (C=O) groups is 1. The fraction of sp³-hybridized carbons (Fsp3) is 0.786. The Bertz CT molecular complexity index is 303. The van der Waals surface area contributed by atoms with Crippen LogP contribution in [0.15, 0.2) is 12.2 Å². The summed E-state index contributed by atoms with van der Waals surface area (Å²) in [4.78, 5) is 11.0. The largest absolute Gasteiger partial charge is 0.466 e. The van der Waals surface area contributed by atoms with Gasteiger partial charge in [-0.3, -0.25) is 0 Å². The summed E-state index contributed by atoms with van der Waals surface area (Å²) in [6.45, 7) is 15.3. The van der Waals surface area contributed by atoms with E-state index < -0.39 is 8.32 Å². The Balaban J connectivity index is 4.54. The number of carbonyl (C=O) groups excluding carboxylic acids is 1. The molecular formula is C14H28O3Si. The molecule has 0 N–H and O–H groups in total. The molecule has 0 saturated carbocycles. The lowest BCUT2D eigenvalue weighted by Gasteiger charge is -2.39. The number of hydrogen-bond acceptors (Lipinski definition) is 3. The van der Waals surface area contributed by atoms with Crippen LogP contribution in [0.5, 0.6) is 0 Å². The van der Waals surface area contributed by atoms with E-state index >= 15 is 0 Å². The normalized spacial score (nSPS) is 16.7. The lowest BCUT2D eigenvalue weighted by Crippen LogP contribution is -2.44. The fourth-order valence-corrected chi connectivity index (χ4v) is 2.70. The van der Waals surface area contributed by atoms with Crippen LogP contribution in [0.4, 0.5) is 0 Å². The third-order valence-corrected chi connectivity index (χ3v) is 8.34. The predicted octanol–water partition coefficient (Wildman–Crippen LogP) is 3.76. The Kier molecular flexibility index (Phi) is 6.30. The van der Waals surface area contributed by atoms with Gasteiger partial charge in [-0.1, -0.05) is 33.8 Å². The van der Waals surface area contributed by atoms with Crippen LogP contribution in [0, 0.1) is 5.92 Å². The van der Waals surface area contributed by atoms with Gasteiger partial charge in [0.2, 0.25) is 0 Å². The van der Waals surface area contributed by atoms with Crippen molar-refractivity contribution >= 4 is 14.3 Å². The monoisotopic (exact) mass is 272 g/mol. The molecule has 0 fully saturated rings. The molecular weight excluding hydrogens is 244 g/mol. The van der Waals surface area contributed by atoms with Gasteiger partial charge in [-0.25, -0.2) is 4.79 Å². The number of esters is 1. The molecule has 0 amide bonds. The summed E-state index contributed by atoms with van der Waals surface area (Å²) >= 11 is 0. The van der Waals surface area contributed by atoms with Crippen LogP contribution in [0.2, 0.25) is 18.1 Å². The number of methoxy groups -OCH3 is 1. The minimum atomic E-state index is -1.75. The van der Waals surface area contributed by atoms with Gasteiger partial charge in [0.05, 0.1) is 7.11 Å². The van der Waals surface area contributed by atoms with Crippen molar-refractivity contribution in [2.45, 2.75) is 58.9 Å². The number of hydrogen-bond donors (Lipinski definition) is 0. The fourth-order valence-electron chi connectivity index (χ4n) is 1.20.